The highest BCUT2D eigenvalue weighted by molar-refractivity contribution is 5.76. The first-order chi connectivity index (χ1) is 10.3. The van der Waals surface area contributed by atoms with Crippen molar-refractivity contribution < 1.29 is 9.53 Å². The van der Waals surface area contributed by atoms with Crippen LogP contribution in [0, 0.1) is 17.8 Å². The van der Waals surface area contributed by atoms with Crippen LogP contribution < -0.4 is 0 Å². The minimum absolute atomic E-state index is 0.430. The molecule has 120 valence electrons. The molecule has 2 atom stereocenters. The number of fused-ring (bicyclic) bond motifs is 1. The van der Waals surface area contributed by atoms with Crippen molar-refractivity contribution in [2.75, 3.05) is 46.4 Å². The topological polar surface area (TPSA) is 32.8 Å². The summed E-state index contributed by atoms with van der Waals surface area (Å²) < 4.78 is 5.18. The number of hydrogen-bond acceptors (Lipinski definition) is 3. The Kier molecular flexibility index (Phi) is 5.17. The fourth-order valence-corrected chi connectivity index (χ4v) is 4.46. The molecule has 0 aromatic heterocycles. The maximum atomic E-state index is 12.5. The molecular formula is C17H30N2O2. The number of rotatable bonds is 5. The average Bonchev–Trinajstić information content (AvgIpc) is 3.13. The number of carbonyl (C=O) groups is 1. The second kappa shape index (κ2) is 7.10. The van der Waals surface area contributed by atoms with Crippen LogP contribution in [0.15, 0.2) is 0 Å². The summed E-state index contributed by atoms with van der Waals surface area (Å²) in [4.78, 5) is 17.2. The van der Waals surface area contributed by atoms with E-state index in [1.807, 2.05) is 0 Å². The van der Waals surface area contributed by atoms with Gasteiger partial charge >= 0.3 is 0 Å². The molecular weight excluding hydrogens is 264 g/mol. The lowest BCUT2D eigenvalue weighted by atomic mass is 9.89. The van der Waals surface area contributed by atoms with Crippen LogP contribution in [0.4, 0.5) is 0 Å². The van der Waals surface area contributed by atoms with Crippen LogP contribution in [0.2, 0.25) is 0 Å². The molecule has 3 aliphatic rings. The van der Waals surface area contributed by atoms with Crippen LogP contribution in [-0.2, 0) is 9.53 Å². The standard InChI is InChI=1S/C17H30N2O2/c1-21-9-8-18-7-6-15-12-19(13-16(15)11-18)17(20)10-14-4-2-3-5-14/h14-16H,2-13H2,1H3/t15-,16+/m0/s1. The van der Waals surface area contributed by atoms with Gasteiger partial charge in [-0.05, 0) is 43.6 Å². The number of ether oxygens (including phenoxy) is 1. The van der Waals surface area contributed by atoms with Crippen molar-refractivity contribution in [2.45, 2.75) is 38.5 Å². The van der Waals surface area contributed by atoms with Crippen molar-refractivity contribution in [3.8, 4) is 0 Å². The molecule has 2 saturated heterocycles. The summed E-state index contributed by atoms with van der Waals surface area (Å²) in [5, 5.41) is 0. The SMILES string of the molecule is COCCN1CC[C@H]2CN(C(=O)CC3CCCC3)C[C@H]2C1. The Balaban J connectivity index is 1.46. The van der Waals surface area contributed by atoms with Crippen molar-refractivity contribution in [3.05, 3.63) is 0 Å². The lowest BCUT2D eigenvalue weighted by molar-refractivity contribution is -0.131. The fourth-order valence-electron chi connectivity index (χ4n) is 4.46. The second-order valence-electron chi connectivity index (χ2n) is 7.26. The summed E-state index contributed by atoms with van der Waals surface area (Å²) in [5.74, 6) is 2.55. The molecule has 3 rings (SSSR count). The monoisotopic (exact) mass is 294 g/mol. The van der Waals surface area contributed by atoms with Crippen molar-refractivity contribution in [3.63, 3.8) is 0 Å². The van der Waals surface area contributed by atoms with E-state index < -0.39 is 0 Å². The summed E-state index contributed by atoms with van der Waals surface area (Å²) in [6, 6.07) is 0. The van der Waals surface area contributed by atoms with E-state index in [1.54, 1.807) is 7.11 Å². The highest BCUT2D eigenvalue weighted by Gasteiger charge is 2.38. The Labute approximate surface area is 128 Å². The van der Waals surface area contributed by atoms with E-state index in [-0.39, 0.29) is 0 Å². The van der Waals surface area contributed by atoms with Crippen LogP contribution >= 0.6 is 0 Å². The zero-order chi connectivity index (χ0) is 14.7. The third-order valence-corrected chi connectivity index (χ3v) is 5.79. The number of piperidine rings is 1. The first-order valence-corrected chi connectivity index (χ1v) is 8.75. The normalized spacial score (nSPS) is 30.8. The summed E-state index contributed by atoms with van der Waals surface area (Å²) in [6.07, 6.45) is 7.28. The summed E-state index contributed by atoms with van der Waals surface area (Å²) in [5.41, 5.74) is 0. The van der Waals surface area contributed by atoms with Crippen molar-refractivity contribution in [1.82, 2.24) is 9.80 Å². The molecule has 0 aromatic rings. The van der Waals surface area contributed by atoms with Crippen LogP contribution in [0.5, 0.6) is 0 Å². The van der Waals surface area contributed by atoms with E-state index >= 15 is 0 Å². The molecule has 4 nitrogen and oxygen atoms in total. The van der Waals surface area contributed by atoms with Gasteiger partial charge in [0.05, 0.1) is 6.61 Å². The van der Waals surface area contributed by atoms with Gasteiger partial charge in [-0.2, -0.15) is 0 Å². The van der Waals surface area contributed by atoms with Gasteiger partial charge in [-0.25, -0.2) is 0 Å². The minimum atomic E-state index is 0.430. The first-order valence-electron chi connectivity index (χ1n) is 8.75. The molecule has 3 fully saturated rings. The summed E-state index contributed by atoms with van der Waals surface area (Å²) >= 11 is 0. The van der Waals surface area contributed by atoms with Gasteiger partial charge in [-0.3, -0.25) is 4.79 Å². The Bertz CT molecular complexity index is 355. The Morgan fingerprint density at radius 2 is 1.86 bits per heavy atom. The number of nitrogens with zero attached hydrogens (tertiary/aromatic N) is 2. The third kappa shape index (κ3) is 3.78. The van der Waals surface area contributed by atoms with Crippen molar-refractivity contribution in [1.29, 1.82) is 0 Å². The van der Waals surface area contributed by atoms with Crippen LogP contribution in [0.1, 0.15) is 38.5 Å². The van der Waals surface area contributed by atoms with E-state index in [4.69, 9.17) is 4.74 Å². The molecule has 4 heteroatoms. The van der Waals surface area contributed by atoms with E-state index in [0.29, 0.717) is 17.7 Å². The summed E-state index contributed by atoms with van der Waals surface area (Å²) in [6.45, 7) is 6.21. The lowest BCUT2D eigenvalue weighted by Crippen LogP contribution is -2.41. The maximum Gasteiger partial charge on any atom is 0.222 e. The molecule has 0 N–H and O–H groups in total. The molecule has 1 saturated carbocycles. The van der Waals surface area contributed by atoms with Gasteiger partial charge in [0.1, 0.15) is 0 Å². The molecule has 1 aliphatic carbocycles. The van der Waals surface area contributed by atoms with E-state index in [0.717, 1.165) is 45.1 Å². The Hall–Kier alpha value is -0.610. The predicted octanol–water partition coefficient (Wildman–Crippen LogP) is 1.99. The highest BCUT2D eigenvalue weighted by atomic mass is 16.5. The summed E-state index contributed by atoms with van der Waals surface area (Å²) in [7, 11) is 1.77. The number of carbonyl (C=O) groups excluding carboxylic acids is 1. The fraction of sp³-hybridized carbons (Fsp3) is 0.941. The van der Waals surface area contributed by atoms with Gasteiger partial charge in [0.2, 0.25) is 5.91 Å². The van der Waals surface area contributed by atoms with Gasteiger partial charge in [-0.15, -0.1) is 0 Å². The minimum Gasteiger partial charge on any atom is -0.383 e. The molecule has 1 amide bonds. The van der Waals surface area contributed by atoms with Crippen LogP contribution in [-0.4, -0.2) is 62.1 Å². The van der Waals surface area contributed by atoms with Crippen LogP contribution in [0.3, 0.4) is 0 Å². The zero-order valence-electron chi connectivity index (χ0n) is 13.4. The smallest absolute Gasteiger partial charge is 0.222 e. The molecule has 0 bridgehead atoms. The van der Waals surface area contributed by atoms with Crippen molar-refractivity contribution >= 4 is 5.91 Å². The van der Waals surface area contributed by atoms with E-state index in [9.17, 15) is 4.79 Å². The molecule has 0 spiro atoms. The van der Waals surface area contributed by atoms with E-state index in [2.05, 4.69) is 9.80 Å². The molecule has 0 aromatic carbocycles. The first kappa shape index (κ1) is 15.3. The number of amides is 1. The van der Waals surface area contributed by atoms with Gasteiger partial charge < -0.3 is 14.5 Å². The number of methoxy groups -OCH3 is 1. The Morgan fingerprint density at radius 1 is 1.10 bits per heavy atom. The Morgan fingerprint density at radius 3 is 2.62 bits per heavy atom. The average molecular weight is 294 g/mol. The molecule has 21 heavy (non-hydrogen) atoms. The number of hydrogen-bond donors (Lipinski definition) is 0. The van der Waals surface area contributed by atoms with Gasteiger partial charge in [-0.1, -0.05) is 12.8 Å². The molecule has 2 heterocycles. The molecule has 0 radical (unpaired) electrons. The second-order valence-corrected chi connectivity index (χ2v) is 7.26. The van der Waals surface area contributed by atoms with Crippen molar-refractivity contribution in [2.24, 2.45) is 17.8 Å². The molecule has 0 unspecified atom stereocenters. The predicted molar refractivity (Wildman–Crippen MR) is 83.1 cm³/mol. The van der Waals surface area contributed by atoms with E-state index in [1.165, 1.54) is 38.6 Å². The zero-order valence-corrected chi connectivity index (χ0v) is 13.4. The van der Waals surface area contributed by atoms with Gasteiger partial charge in [0.15, 0.2) is 0 Å². The number of likely N-dealkylation sites (tertiary alicyclic amines) is 2. The van der Waals surface area contributed by atoms with Crippen LogP contribution in [0.25, 0.3) is 0 Å². The van der Waals surface area contributed by atoms with Gasteiger partial charge in [0, 0.05) is 39.7 Å². The highest BCUT2D eigenvalue weighted by Crippen LogP contribution is 2.33. The third-order valence-electron chi connectivity index (χ3n) is 5.79. The maximum absolute atomic E-state index is 12.5. The lowest BCUT2D eigenvalue weighted by Gasteiger charge is -2.33. The molecule has 2 aliphatic heterocycles. The largest absolute Gasteiger partial charge is 0.383 e. The quantitative estimate of drug-likeness (QED) is 0.777. The van der Waals surface area contributed by atoms with Gasteiger partial charge in [0.25, 0.3) is 0 Å².